The van der Waals surface area contributed by atoms with Gasteiger partial charge in [-0.25, -0.2) is 4.39 Å². The van der Waals surface area contributed by atoms with Gasteiger partial charge < -0.3 is 10.1 Å². The lowest BCUT2D eigenvalue weighted by Crippen LogP contribution is -2.27. The lowest BCUT2D eigenvalue weighted by Gasteiger charge is -2.15. The van der Waals surface area contributed by atoms with Crippen LogP contribution in [0.15, 0.2) is 78.4 Å². The van der Waals surface area contributed by atoms with Crippen LogP contribution < -0.4 is 5.32 Å². The van der Waals surface area contributed by atoms with Crippen LogP contribution in [-0.4, -0.2) is 12.5 Å². The molecule has 0 spiro atoms. The van der Waals surface area contributed by atoms with E-state index in [0.717, 1.165) is 16.7 Å². The fourth-order valence-electron chi connectivity index (χ4n) is 2.71. The first-order valence-corrected chi connectivity index (χ1v) is 7.73. The Balaban J connectivity index is 1.80. The van der Waals surface area contributed by atoms with E-state index >= 15 is 0 Å². The van der Waals surface area contributed by atoms with Gasteiger partial charge in [0.15, 0.2) is 0 Å². The standard InChI is InChI=1S/C20H18FNO2/c1-2-15-13-24-19(16-8-10-17(21)11-9-16)18(15)20(23)22-12-14-6-4-3-5-7-14/h2-11,19H,1,12-13H2,(H,22,23). The summed E-state index contributed by atoms with van der Waals surface area (Å²) in [6.45, 7) is 4.51. The van der Waals surface area contributed by atoms with Crippen LogP contribution in [0.3, 0.4) is 0 Å². The van der Waals surface area contributed by atoms with E-state index in [4.69, 9.17) is 4.74 Å². The third-order valence-electron chi connectivity index (χ3n) is 3.97. The van der Waals surface area contributed by atoms with Crippen LogP contribution in [0, 0.1) is 5.82 Å². The van der Waals surface area contributed by atoms with E-state index in [2.05, 4.69) is 11.9 Å². The Morgan fingerprint density at radius 2 is 1.92 bits per heavy atom. The highest BCUT2D eigenvalue weighted by molar-refractivity contribution is 5.96. The zero-order valence-electron chi connectivity index (χ0n) is 13.2. The quantitative estimate of drug-likeness (QED) is 0.911. The van der Waals surface area contributed by atoms with Crippen LogP contribution in [-0.2, 0) is 16.1 Å². The van der Waals surface area contributed by atoms with Crippen molar-refractivity contribution >= 4 is 5.91 Å². The highest BCUT2D eigenvalue weighted by Crippen LogP contribution is 2.35. The van der Waals surface area contributed by atoms with E-state index in [9.17, 15) is 9.18 Å². The summed E-state index contributed by atoms with van der Waals surface area (Å²) >= 11 is 0. The smallest absolute Gasteiger partial charge is 0.250 e. The molecule has 3 nitrogen and oxygen atoms in total. The van der Waals surface area contributed by atoms with Gasteiger partial charge in [-0.2, -0.15) is 0 Å². The first-order chi connectivity index (χ1) is 11.7. The van der Waals surface area contributed by atoms with Crippen molar-refractivity contribution in [2.24, 2.45) is 0 Å². The SMILES string of the molecule is C=CC1=C(C(=O)NCc2ccccc2)C(c2ccc(F)cc2)OC1. The maximum absolute atomic E-state index is 13.1. The summed E-state index contributed by atoms with van der Waals surface area (Å²) in [4.78, 5) is 12.7. The van der Waals surface area contributed by atoms with Crippen molar-refractivity contribution in [1.82, 2.24) is 5.32 Å². The molecule has 1 atom stereocenters. The van der Waals surface area contributed by atoms with Crippen molar-refractivity contribution in [1.29, 1.82) is 0 Å². The molecule has 1 unspecified atom stereocenters. The molecule has 1 aliphatic heterocycles. The lowest BCUT2D eigenvalue weighted by atomic mass is 9.98. The monoisotopic (exact) mass is 323 g/mol. The molecule has 1 aliphatic rings. The Hall–Kier alpha value is -2.72. The molecule has 24 heavy (non-hydrogen) atoms. The second-order valence-electron chi connectivity index (χ2n) is 5.55. The molecule has 0 bridgehead atoms. The summed E-state index contributed by atoms with van der Waals surface area (Å²) in [7, 11) is 0. The summed E-state index contributed by atoms with van der Waals surface area (Å²) in [6.07, 6.45) is 1.13. The highest BCUT2D eigenvalue weighted by atomic mass is 19.1. The maximum Gasteiger partial charge on any atom is 0.250 e. The van der Waals surface area contributed by atoms with Crippen molar-refractivity contribution in [2.75, 3.05) is 6.61 Å². The van der Waals surface area contributed by atoms with Crippen LogP contribution in [0.1, 0.15) is 17.2 Å². The van der Waals surface area contributed by atoms with Crippen molar-refractivity contribution in [3.05, 3.63) is 95.3 Å². The first kappa shape index (κ1) is 16.1. The summed E-state index contributed by atoms with van der Waals surface area (Å²) in [5.41, 5.74) is 3.06. The molecule has 0 saturated carbocycles. The summed E-state index contributed by atoms with van der Waals surface area (Å²) < 4.78 is 18.9. The maximum atomic E-state index is 13.1. The molecule has 1 amide bonds. The zero-order chi connectivity index (χ0) is 16.9. The number of hydrogen-bond donors (Lipinski definition) is 1. The second-order valence-corrected chi connectivity index (χ2v) is 5.55. The third-order valence-corrected chi connectivity index (χ3v) is 3.97. The third kappa shape index (κ3) is 3.44. The molecule has 2 aromatic carbocycles. The molecule has 122 valence electrons. The van der Waals surface area contributed by atoms with Crippen LogP contribution in [0.25, 0.3) is 0 Å². The number of nitrogens with one attached hydrogen (secondary N) is 1. The fourth-order valence-corrected chi connectivity index (χ4v) is 2.71. The minimum absolute atomic E-state index is 0.194. The number of halogens is 1. The zero-order valence-corrected chi connectivity index (χ0v) is 13.2. The molecule has 0 saturated heterocycles. The molecule has 0 aromatic heterocycles. The van der Waals surface area contributed by atoms with E-state index < -0.39 is 6.10 Å². The first-order valence-electron chi connectivity index (χ1n) is 7.73. The van der Waals surface area contributed by atoms with Gasteiger partial charge >= 0.3 is 0 Å². The van der Waals surface area contributed by atoms with Gasteiger partial charge in [-0.05, 0) is 28.8 Å². The van der Waals surface area contributed by atoms with E-state index in [-0.39, 0.29) is 11.7 Å². The van der Waals surface area contributed by atoms with Gasteiger partial charge in [-0.3, -0.25) is 4.79 Å². The number of hydrogen-bond acceptors (Lipinski definition) is 2. The summed E-state index contributed by atoms with van der Waals surface area (Å²) in [6, 6.07) is 15.7. The molecule has 2 aromatic rings. The van der Waals surface area contributed by atoms with Gasteiger partial charge in [0, 0.05) is 6.54 Å². The van der Waals surface area contributed by atoms with Gasteiger partial charge in [-0.15, -0.1) is 0 Å². The molecule has 0 aliphatic carbocycles. The van der Waals surface area contributed by atoms with Gasteiger partial charge in [0.25, 0.3) is 5.91 Å². The van der Waals surface area contributed by atoms with Crippen LogP contribution >= 0.6 is 0 Å². The van der Waals surface area contributed by atoms with Crippen molar-refractivity contribution in [3.8, 4) is 0 Å². The predicted octanol–water partition coefficient (Wildman–Crippen LogP) is 3.70. The molecule has 0 radical (unpaired) electrons. The Kier molecular flexibility index (Phi) is 4.87. The fraction of sp³-hybridized carbons (Fsp3) is 0.150. The summed E-state index contributed by atoms with van der Waals surface area (Å²) in [5.74, 6) is -0.514. The summed E-state index contributed by atoms with van der Waals surface area (Å²) in [5, 5.41) is 2.92. The number of rotatable bonds is 5. The topological polar surface area (TPSA) is 38.3 Å². The van der Waals surface area contributed by atoms with E-state index in [1.165, 1.54) is 12.1 Å². The normalized spacial score (nSPS) is 17.0. The average Bonchev–Trinajstić information content (AvgIpc) is 3.05. The van der Waals surface area contributed by atoms with Crippen molar-refractivity contribution in [3.63, 3.8) is 0 Å². The number of ether oxygens (including phenoxy) is 1. The lowest BCUT2D eigenvalue weighted by molar-refractivity contribution is -0.118. The molecule has 4 heteroatoms. The molecule has 1 N–H and O–H groups in total. The van der Waals surface area contributed by atoms with E-state index in [1.807, 2.05) is 30.3 Å². The number of carbonyl (C=O) groups excluding carboxylic acids is 1. The molecule has 3 rings (SSSR count). The van der Waals surface area contributed by atoms with Crippen LogP contribution in [0.2, 0.25) is 0 Å². The molecular formula is C20H18FNO2. The molecule has 0 fully saturated rings. The van der Waals surface area contributed by atoms with E-state index in [1.54, 1.807) is 18.2 Å². The average molecular weight is 323 g/mol. The van der Waals surface area contributed by atoms with Crippen molar-refractivity contribution in [2.45, 2.75) is 12.6 Å². The minimum Gasteiger partial charge on any atom is -0.364 e. The Morgan fingerprint density at radius 1 is 1.21 bits per heavy atom. The Labute approximate surface area is 140 Å². The number of carbonyl (C=O) groups is 1. The van der Waals surface area contributed by atoms with Gasteiger partial charge in [0.05, 0.1) is 12.2 Å². The Morgan fingerprint density at radius 3 is 2.58 bits per heavy atom. The van der Waals surface area contributed by atoms with Gasteiger partial charge in [0.2, 0.25) is 0 Å². The van der Waals surface area contributed by atoms with Crippen LogP contribution in [0.4, 0.5) is 4.39 Å². The number of amides is 1. The largest absolute Gasteiger partial charge is 0.364 e. The van der Waals surface area contributed by atoms with Gasteiger partial charge in [0.1, 0.15) is 11.9 Å². The van der Waals surface area contributed by atoms with Crippen LogP contribution in [0.5, 0.6) is 0 Å². The Bertz CT molecular complexity index is 766. The predicted molar refractivity (Wildman–Crippen MR) is 90.6 cm³/mol. The van der Waals surface area contributed by atoms with Gasteiger partial charge in [-0.1, -0.05) is 55.1 Å². The van der Waals surface area contributed by atoms with Crippen molar-refractivity contribution < 1.29 is 13.9 Å². The second kappa shape index (κ2) is 7.23. The molecular weight excluding hydrogens is 305 g/mol. The minimum atomic E-state index is -0.505. The molecule has 1 heterocycles. The van der Waals surface area contributed by atoms with E-state index in [0.29, 0.717) is 18.7 Å². The highest BCUT2D eigenvalue weighted by Gasteiger charge is 2.31. The number of benzene rings is 2.